The van der Waals surface area contributed by atoms with Gasteiger partial charge in [-0.25, -0.2) is 9.37 Å². The predicted octanol–water partition coefficient (Wildman–Crippen LogP) is 1.39. The molecule has 0 aliphatic carbocycles. The van der Waals surface area contributed by atoms with Gasteiger partial charge in [-0.3, -0.25) is 0 Å². The fraction of sp³-hybridized carbons (Fsp3) is 0.692. The number of nitrogens with one attached hydrogen (secondary N) is 2. The number of nitrogens with zero attached hydrogens (tertiary/aromatic N) is 2. The van der Waals surface area contributed by atoms with Gasteiger partial charge in [0, 0.05) is 26.1 Å². The van der Waals surface area contributed by atoms with Crippen molar-refractivity contribution in [1.82, 2.24) is 9.97 Å². The number of hydrogen-bond donors (Lipinski definition) is 3. The summed E-state index contributed by atoms with van der Waals surface area (Å²) in [7, 11) is 0. The smallest absolute Gasteiger partial charge is 0.224 e. The molecular weight excluding hydrogens is 263 g/mol. The molecule has 6 nitrogen and oxygen atoms in total. The maximum atomic E-state index is 13.7. The Morgan fingerprint density at radius 2 is 2.35 bits per heavy atom. The van der Waals surface area contributed by atoms with Crippen molar-refractivity contribution < 1.29 is 14.2 Å². The largest absolute Gasteiger partial charge is 0.385 e. The normalized spacial score (nSPS) is 25.7. The zero-order chi connectivity index (χ0) is 14.6. The van der Waals surface area contributed by atoms with Crippen molar-refractivity contribution in [2.45, 2.75) is 38.4 Å². The molecule has 0 saturated carbocycles. The summed E-state index contributed by atoms with van der Waals surface area (Å²) in [5.74, 6) is -0.0770. The molecule has 1 fully saturated rings. The minimum absolute atomic E-state index is 0.0890. The lowest BCUT2D eigenvalue weighted by Gasteiger charge is -2.26. The first-order chi connectivity index (χ1) is 9.55. The van der Waals surface area contributed by atoms with Gasteiger partial charge < -0.3 is 20.5 Å². The molecule has 2 atom stereocenters. The average molecular weight is 284 g/mol. The van der Waals surface area contributed by atoms with E-state index < -0.39 is 11.4 Å². The van der Waals surface area contributed by atoms with E-state index >= 15 is 0 Å². The van der Waals surface area contributed by atoms with Crippen LogP contribution in [0.3, 0.4) is 0 Å². The van der Waals surface area contributed by atoms with Crippen molar-refractivity contribution in [2.24, 2.45) is 0 Å². The number of rotatable bonds is 6. The molecule has 0 bridgehead atoms. The maximum Gasteiger partial charge on any atom is 0.224 e. The van der Waals surface area contributed by atoms with Crippen LogP contribution in [-0.4, -0.2) is 46.5 Å². The van der Waals surface area contributed by atoms with Gasteiger partial charge in [-0.1, -0.05) is 6.92 Å². The van der Waals surface area contributed by atoms with E-state index in [1.54, 1.807) is 6.92 Å². The van der Waals surface area contributed by atoms with E-state index in [1.807, 2.05) is 6.92 Å². The maximum absolute atomic E-state index is 13.7. The van der Waals surface area contributed by atoms with Crippen LogP contribution in [0.5, 0.6) is 0 Å². The molecule has 2 rings (SSSR count). The highest BCUT2D eigenvalue weighted by Crippen LogP contribution is 2.26. The third-order valence-electron chi connectivity index (χ3n) is 3.50. The molecule has 0 aromatic carbocycles. The summed E-state index contributed by atoms with van der Waals surface area (Å²) in [6.45, 7) is 5.25. The van der Waals surface area contributed by atoms with Crippen LogP contribution in [0.1, 0.15) is 26.7 Å². The molecule has 2 heterocycles. The van der Waals surface area contributed by atoms with E-state index in [4.69, 9.17) is 4.74 Å². The molecule has 1 saturated heterocycles. The Morgan fingerprint density at radius 1 is 1.55 bits per heavy atom. The average Bonchev–Trinajstić information content (AvgIpc) is 2.77. The monoisotopic (exact) mass is 284 g/mol. The van der Waals surface area contributed by atoms with E-state index in [9.17, 15) is 9.50 Å². The van der Waals surface area contributed by atoms with Gasteiger partial charge in [-0.2, -0.15) is 4.98 Å². The summed E-state index contributed by atoms with van der Waals surface area (Å²) >= 11 is 0. The van der Waals surface area contributed by atoms with E-state index in [2.05, 4.69) is 20.6 Å². The quantitative estimate of drug-likeness (QED) is 0.732. The Morgan fingerprint density at radius 3 is 3.00 bits per heavy atom. The first-order valence-corrected chi connectivity index (χ1v) is 6.89. The summed E-state index contributed by atoms with van der Waals surface area (Å²) < 4.78 is 19.0. The second-order valence-electron chi connectivity index (χ2n) is 5.04. The second kappa shape index (κ2) is 6.32. The SMILES string of the molecule is CCCNc1ncc(F)c(NCC2(O)CCOC2C)n1. The molecule has 0 amide bonds. The van der Waals surface area contributed by atoms with Gasteiger partial charge in [0.05, 0.1) is 12.3 Å². The number of halogens is 1. The Bertz CT molecular complexity index is 460. The van der Waals surface area contributed by atoms with Crippen LogP contribution in [0, 0.1) is 5.82 Å². The molecule has 0 spiro atoms. The molecule has 1 aromatic heterocycles. The van der Waals surface area contributed by atoms with Gasteiger partial charge >= 0.3 is 0 Å². The van der Waals surface area contributed by atoms with Crippen LogP contribution in [0.25, 0.3) is 0 Å². The van der Waals surface area contributed by atoms with Gasteiger partial charge in [-0.05, 0) is 13.3 Å². The lowest BCUT2D eigenvalue weighted by molar-refractivity contribution is -0.0176. The van der Waals surface area contributed by atoms with Gasteiger partial charge in [0.25, 0.3) is 0 Å². The lowest BCUT2D eigenvalue weighted by atomic mass is 9.97. The van der Waals surface area contributed by atoms with Crippen molar-refractivity contribution in [3.8, 4) is 0 Å². The molecule has 0 radical (unpaired) electrons. The summed E-state index contributed by atoms with van der Waals surface area (Å²) in [4.78, 5) is 7.93. The first kappa shape index (κ1) is 14.9. The van der Waals surface area contributed by atoms with Crippen molar-refractivity contribution in [1.29, 1.82) is 0 Å². The second-order valence-corrected chi connectivity index (χ2v) is 5.04. The highest BCUT2D eigenvalue weighted by Gasteiger charge is 2.39. The van der Waals surface area contributed by atoms with Crippen LogP contribution in [0.4, 0.5) is 16.2 Å². The highest BCUT2D eigenvalue weighted by atomic mass is 19.1. The molecule has 1 aliphatic heterocycles. The molecule has 2 unspecified atom stereocenters. The summed E-state index contributed by atoms with van der Waals surface area (Å²) in [5, 5.41) is 16.2. The first-order valence-electron chi connectivity index (χ1n) is 6.89. The van der Waals surface area contributed by atoms with E-state index in [-0.39, 0.29) is 18.5 Å². The van der Waals surface area contributed by atoms with Crippen LogP contribution < -0.4 is 10.6 Å². The van der Waals surface area contributed by atoms with E-state index in [1.165, 1.54) is 0 Å². The Labute approximate surface area is 117 Å². The zero-order valence-corrected chi connectivity index (χ0v) is 11.8. The molecule has 1 aromatic rings. The van der Waals surface area contributed by atoms with E-state index in [0.717, 1.165) is 19.2 Å². The van der Waals surface area contributed by atoms with Gasteiger partial charge in [0.2, 0.25) is 5.95 Å². The number of ether oxygens (including phenoxy) is 1. The third-order valence-corrected chi connectivity index (χ3v) is 3.50. The van der Waals surface area contributed by atoms with Gasteiger partial charge in [0.15, 0.2) is 11.6 Å². The minimum Gasteiger partial charge on any atom is -0.385 e. The fourth-order valence-corrected chi connectivity index (χ4v) is 2.05. The molecule has 20 heavy (non-hydrogen) atoms. The van der Waals surface area contributed by atoms with Crippen LogP contribution in [0.15, 0.2) is 6.20 Å². The molecule has 1 aliphatic rings. The summed E-state index contributed by atoms with van der Waals surface area (Å²) in [6, 6.07) is 0. The zero-order valence-electron chi connectivity index (χ0n) is 11.8. The van der Waals surface area contributed by atoms with Gasteiger partial charge in [0.1, 0.15) is 5.60 Å². The standard InChI is InChI=1S/C13H21FN4O2/c1-3-5-15-12-16-7-10(14)11(18-12)17-8-13(19)4-6-20-9(13)2/h7,9,19H,3-6,8H2,1-2H3,(H2,15,16,17,18). The Hall–Kier alpha value is -1.47. The molecule has 7 heteroatoms. The van der Waals surface area contributed by atoms with E-state index in [0.29, 0.717) is 19.0 Å². The molecule has 3 N–H and O–H groups in total. The highest BCUT2D eigenvalue weighted by molar-refractivity contribution is 5.41. The lowest BCUT2D eigenvalue weighted by Crippen LogP contribution is -2.43. The Kier molecular flexibility index (Phi) is 4.72. The topological polar surface area (TPSA) is 79.3 Å². The van der Waals surface area contributed by atoms with Crippen molar-refractivity contribution in [2.75, 3.05) is 30.3 Å². The number of hydrogen-bond acceptors (Lipinski definition) is 6. The number of anilines is 2. The van der Waals surface area contributed by atoms with Crippen molar-refractivity contribution >= 4 is 11.8 Å². The molecular formula is C13H21FN4O2. The summed E-state index contributed by atoms with van der Waals surface area (Å²) in [5.41, 5.74) is -0.992. The number of aromatic nitrogens is 2. The van der Waals surface area contributed by atoms with Crippen LogP contribution in [0.2, 0.25) is 0 Å². The molecule has 112 valence electrons. The van der Waals surface area contributed by atoms with Gasteiger partial charge in [-0.15, -0.1) is 0 Å². The van der Waals surface area contributed by atoms with Crippen LogP contribution >= 0.6 is 0 Å². The predicted molar refractivity (Wildman–Crippen MR) is 74.2 cm³/mol. The third kappa shape index (κ3) is 3.34. The van der Waals surface area contributed by atoms with Crippen molar-refractivity contribution in [3.63, 3.8) is 0 Å². The minimum atomic E-state index is -0.992. The summed E-state index contributed by atoms with van der Waals surface area (Å²) in [6.07, 6.45) is 2.29. The fourth-order valence-electron chi connectivity index (χ4n) is 2.05. The number of aliphatic hydroxyl groups is 1. The Balaban J connectivity index is 2.01. The van der Waals surface area contributed by atoms with Crippen molar-refractivity contribution in [3.05, 3.63) is 12.0 Å². The van der Waals surface area contributed by atoms with Crippen LogP contribution in [-0.2, 0) is 4.74 Å².